The van der Waals surface area contributed by atoms with Gasteiger partial charge in [-0.3, -0.25) is 4.79 Å². The Morgan fingerprint density at radius 2 is 1.70 bits per heavy atom. The molecule has 0 saturated carbocycles. The second kappa shape index (κ2) is 8.97. The third kappa shape index (κ3) is 4.60. The number of rotatable bonds is 4. The van der Waals surface area contributed by atoms with Crippen molar-refractivity contribution in [1.82, 2.24) is 10.3 Å². The molecule has 0 atom stereocenters. The fraction of sp³-hybridized carbons (Fsp3) is 0.130. The number of carbonyl (C=O) groups is 1. The summed E-state index contributed by atoms with van der Waals surface area (Å²) >= 11 is 0. The molecule has 6 nitrogen and oxygen atoms in total. The minimum absolute atomic E-state index is 0.0310. The fourth-order valence-electron chi connectivity index (χ4n) is 3.27. The van der Waals surface area contributed by atoms with Gasteiger partial charge in [-0.15, -0.1) is 0 Å². The van der Waals surface area contributed by atoms with Crippen LogP contribution in [-0.4, -0.2) is 17.4 Å². The van der Waals surface area contributed by atoms with Gasteiger partial charge in [0.05, 0.1) is 16.8 Å². The number of pyridine rings is 1. The van der Waals surface area contributed by atoms with Gasteiger partial charge >= 0.3 is 6.18 Å². The van der Waals surface area contributed by atoms with Gasteiger partial charge in [-0.25, -0.2) is 9.37 Å². The van der Waals surface area contributed by atoms with Crippen LogP contribution in [0.15, 0.2) is 42.5 Å². The number of nitrogens with two attached hydrogens (primary N) is 1. The van der Waals surface area contributed by atoms with Gasteiger partial charge in [-0.2, -0.15) is 23.7 Å². The highest BCUT2D eigenvalue weighted by atomic mass is 19.4. The zero-order chi connectivity index (χ0) is 24.3. The van der Waals surface area contributed by atoms with Crippen molar-refractivity contribution in [1.29, 1.82) is 10.5 Å². The Balaban J connectivity index is 2.29. The first-order chi connectivity index (χ1) is 15.6. The number of amides is 1. The molecule has 0 unspecified atom stereocenters. The molecule has 1 amide bonds. The highest BCUT2D eigenvalue weighted by Crippen LogP contribution is 2.38. The Kier molecular flexibility index (Phi) is 6.31. The maximum Gasteiger partial charge on any atom is 0.416 e. The summed E-state index contributed by atoms with van der Waals surface area (Å²) in [5, 5.41) is 22.0. The Hall–Kier alpha value is -4.44. The van der Waals surface area contributed by atoms with E-state index in [0.717, 1.165) is 36.4 Å². The quantitative estimate of drug-likeness (QED) is 0.558. The second-order valence-corrected chi connectivity index (χ2v) is 6.86. The number of nitrogens with one attached hydrogen (secondary N) is 1. The van der Waals surface area contributed by atoms with Crippen molar-refractivity contribution < 1.29 is 22.4 Å². The summed E-state index contributed by atoms with van der Waals surface area (Å²) < 4.78 is 53.2. The van der Waals surface area contributed by atoms with Crippen LogP contribution in [0.4, 0.5) is 23.4 Å². The number of halogens is 4. The first kappa shape index (κ1) is 23.2. The summed E-state index contributed by atoms with van der Waals surface area (Å²) in [7, 11) is 0. The minimum Gasteiger partial charge on any atom is -0.383 e. The molecule has 3 aromatic rings. The lowest BCUT2D eigenvalue weighted by Crippen LogP contribution is -2.22. The van der Waals surface area contributed by atoms with Gasteiger partial charge in [0.15, 0.2) is 0 Å². The van der Waals surface area contributed by atoms with Gasteiger partial charge < -0.3 is 11.1 Å². The minimum atomic E-state index is -4.58. The molecule has 3 N–H and O–H groups in total. The molecule has 0 radical (unpaired) electrons. The molecular weight excluding hydrogens is 438 g/mol. The van der Waals surface area contributed by atoms with E-state index in [1.54, 1.807) is 6.92 Å². The molecule has 166 valence electrons. The lowest BCUT2D eigenvalue weighted by Gasteiger charge is -2.15. The number of benzene rings is 2. The largest absolute Gasteiger partial charge is 0.416 e. The fourth-order valence-corrected chi connectivity index (χ4v) is 3.27. The maximum atomic E-state index is 14.3. The van der Waals surface area contributed by atoms with Crippen LogP contribution < -0.4 is 11.1 Å². The third-order valence-electron chi connectivity index (χ3n) is 4.72. The van der Waals surface area contributed by atoms with Crippen LogP contribution in [-0.2, 0) is 6.18 Å². The molecule has 0 aliphatic carbocycles. The van der Waals surface area contributed by atoms with E-state index in [2.05, 4.69) is 10.3 Å². The van der Waals surface area contributed by atoms with E-state index in [4.69, 9.17) is 5.73 Å². The number of nitriles is 2. The summed E-state index contributed by atoms with van der Waals surface area (Å²) in [5.41, 5.74) is 4.56. The summed E-state index contributed by atoms with van der Waals surface area (Å²) in [4.78, 5) is 16.3. The molecule has 0 saturated heterocycles. The predicted octanol–water partition coefficient (Wildman–Crippen LogP) is 4.65. The molecule has 0 bridgehead atoms. The topological polar surface area (TPSA) is 116 Å². The number of alkyl halides is 3. The van der Waals surface area contributed by atoms with E-state index >= 15 is 0 Å². The highest BCUT2D eigenvalue weighted by molar-refractivity contribution is 5.96. The Labute approximate surface area is 185 Å². The van der Waals surface area contributed by atoms with Gasteiger partial charge in [-0.1, -0.05) is 12.1 Å². The molecule has 33 heavy (non-hydrogen) atoms. The number of nitrogens with zero attached hydrogens (tertiary/aromatic N) is 3. The predicted molar refractivity (Wildman–Crippen MR) is 112 cm³/mol. The van der Waals surface area contributed by atoms with Crippen molar-refractivity contribution in [2.45, 2.75) is 13.1 Å². The zero-order valence-corrected chi connectivity index (χ0v) is 17.1. The molecule has 2 aromatic carbocycles. The number of anilines is 1. The second-order valence-electron chi connectivity index (χ2n) is 6.86. The van der Waals surface area contributed by atoms with E-state index in [1.807, 2.05) is 12.1 Å². The van der Waals surface area contributed by atoms with Crippen LogP contribution >= 0.6 is 0 Å². The number of nitrogen functional groups attached to an aromatic ring is 1. The van der Waals surface area contributed by atoms with Crippen LogP contribution in [0.3, 0.4) is 0 Å². The monoisotopic (exact) mass is 453 g/mol. The third-order valence-corrected chi connectivity index (χ3v) is 4.72. The zero-order valence-electron chi connectivity index (χ0n) is 17.1. The molecule has 0 aliphatic heterocycles. The average molecular weight is 453 g/mol. The lowest BCUT2D eigenvalue weighted by atomic mass is 9.91. The van der Waals surface area contributed by atoms with Crippen LogP contribution in [0.25, 0.3) is 22.4 Å². The van der Waals surface area contributed by atoms with Crippen molar-refractivity contribution in [3.05, 3.63) is 70.5 Å². The van der Waals surface area contributed by atoms with Gasteiger partial charge in [0, 0.05) is 23.2 Å². The SMILES string of the molecule is CCNC(=O)c1cc(F)cc(-c2nc(N)c(C#N)c(-c3ccc(C(F)(F)F)cc3)c2C#N)c1. The first-order valence-corrected chi connectivity index (χ1v) is 9.51. The molecule has 3 rings (SSSR count). The average Bonchev–Trinajstić information content (AvgIpc) is 2.77. The molecule has 0 fully saturated rings. The van der Waals surface area contributed by atoms with Crippen molar-refractivity contribution in [3.8, 4) is 34.5 Å². The molecule has 10 heteroatoms. The number of hydrogen-bond donors (Lipinski definition) is 2. The van der Waals surface area contributed by atoms with E-state index < -0.39 is 23.5 Å². The van der Waals surface area contributed by atoms with Gasteiger partial charge in [-0.05, 0) is 42.8 Å². The number of hydrogen-bond acceptors (Lipinski definition) is 5. The highest BCUT2D eigenvalue weighted by Gasteiger charge is 2.30. The normalized spacial score (nSPS) is 10.9. The van der Waals surface area contributed by atoms with Gasteiger partial charge in [0.1, 0.15) is 29.3 Å². The lowest BCUT2D eigenvalue weighted by molar-refractivity contribution is -0.137. The smallest absolute Gasteiger partial charge is 0.383 e. The van der Waals surface area contributed by atoms with E-state index in [-0.39, 0.29) is 44.9 Å². The Morgan fingerprint density at radius 3 is 2.24 bits per heavy atom. The van der Waals surface area contributed by atoms with Gasteiger partial charge in [0.25, 0.3) is 5.91 Å². The Bertz CT molecular complexity index is 1320. The summed E-state index contributed by atoms with van der Waals surface area (Å²) in [6.45, 7) is 1.99. The van der Waals surface area contributed by atoms with Crippen molar-refractivity contribution in [2.24, 2.45) is 0 Å². The first-order valence-electron chi connectivity index (χ1n) is 9.51. The van der Waals surface area contributed by atoms with Crippen molar-refractivity contribution in [2.75, 3.05) is 12.3 Å². The van der Waals surface area contributed by atoms with E-state index in [0.29, 0.717) is 6.54 Å². The standard InChI is InChI=1S/C23H15F4N5O/c1-2-31-22(33)14-7-13(8-16(24)9-14)20-17(10-28)19(18(11-29)21(30)32-20)12-3-5-15(6-4-12)23(25,26)27/h3-9H,2H2,1H3,(H2,30,32)(H,31,33). The van der Waals surface area contributed by atoms with Crippen molar-refractivity contribution in [3.63, 3.8) is 0 Å². The number of carbonyl (C=O) groups excluding carboxylic acids is 1. The molecule has 0 aliphatic rings. The molecule has 0 spiro atoms. The van der Waals surface area contributed by atoms with E-state index in [9.17, 15) is 32.9 Å². The summed E-state index contributed by atoms with van der Waals surface area (Å²) in [5.74, 6) is -1.63. The maximum absolute atomic E-state index is 14.3. The number of aromatic nitrogens is 1. The van der Waals surface area contributed by atoms with Gasteiger partial charge in [0.2, 0.25) is 0 Å². The Morgan fingerprint density at radius 1 is 1.06 bits per heavy atom. The van der Waals surface area contributed by atoms with Crippen LogP contribution in [0.1, 0.15) is 34.0 Å². The summed E-state index contributed by atoms with van der Waals surface area (Å²) in [6, 6.07) is 10.9. The van der Waals surface area contributed by atoms with Crippen LogP contribution in [0, 0.1) is 28.5 Å². The van der Waals surface area contributed by atoms with E-state index in [1.165, 1.54) is 6.07 Å². The molecule has 1 aromatic heterocycles. The molecular formula is C23H15F4N5O. The molecule has 1 heterocycles. The van der Waals surface area contributed by atoms with Crippen molar-refractivity contribution >= 4 is 11.7 Å². The summed E-state index contributed by atoms with van der Waals surface area (Å²) in [6.07, 6.45) is -4.58. The van der Waals surface area contributed by atoms with Crippen LogP contribution in [0.2, 0.25) is 0 Å². The van der Waals surface area contributed by atoms with Crippen LogP contribution in [0.5, 0.6) is 0 Å².